The summed E-state index contributed by atoms with van der Waals surface area (Å²) in [4.78, 5) is 12.0. The highest BCUT2D eigenvalue weighted by molar-refractivity contribution is 6.12. The highest BCUT2D eigenvalue weighted by Crippen LogP contribution is 2.32. The summed E-state index contributed by atoms with van der Waals surface area (Å²) >= 11 is 0. The van der Waals surface area contributed by atoms with Gasteiger partial charge < -0.3 is 20.4 Å². The van der Waals surface area contributed by atoms with Gasteiger partial charge in [-0.1, -0.05) is 6.07 Å². The van der Waals surface area contributed by atoms with Crippen LogP contribution in [0.15, 0.2) is 36.4 Å². The van der Waals surface area contributed by atoms with Gasteiger partial charge in [-0.3, -0.25) is 4.79 Å². The van der Waals surface area contributed by atoms with E-state index in [1.807, 2.05) is 0 Å². The molecule has 0 atom stereocenters. The van der Waals surface area contributed by atoms with Gasteiger partial charge in [0.05, 0.1) is 11.1 Å². The number of phenolic OH excluding ortho intramolecular Hbond substituents is 4. The first-order valence-corrected chi connectivity index (χ1v) is 5.08. The number of hydrogen-bond donors (Lipinski definition) is 4. The zero-order valence-corrected chi connectivity index (χ0v) is 9.16. The van der Waals surface area contributed by atoms with E-state index in [-0.39, 0.29) is 16.9 Å². The van der Waals surface area contributed by atoms with Gasteiger partial charge in [-0.05, 0) is 24.3 Å². The topological polar surface area (TPSA) is 98.0 Å². The van der Waals surface area contributed by atoms with Gasteiger partial charge in [0.1, 0.15) is 11.5 Å². The monoisotopic (exact) mass is 246 g/mol. The van der Waals surface area contributed by atoms with Crippen molar-refractivity contribution in [3.05, 3.63) is 47.5 Å². The molecule has 2 rings (SSSR count). The van der Waals surface area contributed by atoms with Crippen molar-refractivity contribution < 1.29 is 25.2 Å². The molecule has 2 aromatic rings. The van der Waals surface area contributed by atoms with Crippen molar-refractivity contribution in [1.29, 1.82) is 0 Å². The van der Waals surface area contributed by atoms with Crippen LogP contribution in [0.5, 0.6) is 23.0 Å². The molecule has 4 N–H and O–H groups in total. The zero-order valence-electron chi connectivity index (χ0n) is 9.16. The van der Waals surface area contributed by atoms with Crippen LogP contribution in [-0.4, -0.2) is 26.2 Å². The van der Waals surface area contributed by atoms with Crippen molar-refractivity contribution in [3.8, 4) is 23.0 Å². The second kappa shape index (κ2) is 4.29. The number of ketones is 1. The molecular formula is C13H10O5. The van der Waals surface area contributed by atoms with Gasteiger partial charge >= 0.3 is 0 Å². The maximum absolute atomic E-state index is 12.0. The number of phenols is 4. The van der Waals surface area contributed by atoms with E-state index in [4.69, 9.17) is 5.11 Å². The molecule has 0 saturated carbocycles. The first kappa shape index (κ1) is 11.8. The van der Waals surface area contributed by atoms with Gasteiger partial charge in [-0.25, -0.2) is 0 Å². The third-order valence-corrected chi connectivity index (χ3v) is 2.49. The molecule has 92 valence electrons. The summed E-state index contributed by atoms with van der Waals surface area (Å²) in [6, 6.07) is 7.46. The summed E-state index contributed by atoms with van der Waals surface area (Å²) in [5, 5.41) is 37.6. The average Bonchev–Trinajstić information content (AvgIpc) is 2.32. The number of aromatic hydroxyl groups is 4. The predicted molar refractivity (Wildman–Crippen MR) is 63.0 cm³/mol. The standard InChI is InChI=1S/C13H10O5/c14-7-4-5-8(11(16)6-7)12(17)9-2-1-3-10(15)13(9)18/h1-6,14-16,18H. The molecule has 0 spiro atoms. The van der Waals surface area contributed by atoms with Crippen LogP contribution in [0, 0.1) is 0 Å². The highest BCUT2D eigenvalue weighted by Gasteiger charge is 2.18. The quantitative estimate of drug-likeness (QED) is 0.478. The van der Waals surface area contributed by atoms with Crippen LogP contribution in [0.1, 0.15) is 15.9 Å². The summed E-state index contributed by atoms with van der Waals surface area (Å²) in [6.45, 7) is 0. The number of rotatable bonds is 2. The van der Waals surface area contributed by atoms with Crippen molar-refractivity contribution in [2.24, 2.45) is 0 Å². The Morgan fingerprint density at radius 2 is 1.56 bits per heavy atom. The number of hydrogen-bond acceptors (Lipinski definition) is 5. The number of benzene rings is 2. The molecule has 18 heavy (non-hydrogen) atoms. The van der Waals surface area contributed by atoms with Crippen molar-refractivity contribution in [2.45, 2.75) is 0 Å². The molecule has 0 fully saturated rings. The van der Waals surface area contributed by atoms with E-state index in [2.05, 4.69) is 0 Å². The molecule has 0 heterocycles. The van der Waals surface area contributed by atoms with Crippen molar-refractivity contribution >= 4 is 5.78 Å². The summed E-state index contributed by atoms with van der Waals surface area (Å²) < 4.78 is 0. The van der Waals surface area contributed by atoms with Crippen molar-refractivity contribution in [1.82, 2.24) is 0 Å². The number of carbonyl (C=O) groups excluding carboxylic acids is 1. The third-order valence-electron chi connectivity index (χ3n) is 2.49. The van der Waals surface area contributed by atoms with E-state index in [0.29, 0.717) is 0 Å². The summed E-state index contributed by atoms with van der Waals surface area (Å²) in [5.74, 6) is -2.19. The molecule has 2 aromatic carbocycles. The highest BCUT2D eigenvalue weighted by atomic mass is 16.3. The van der Waals surface area contributed by atoms with E-state index in [1.54, 1.807) is 0 Å². The Morgan fingerprint density at radius 1 is 0.833 bits per heavy atom. The molecule has 0 aliphatic heterocycles. The average molecular weight is 246 g/mol. The number of para-hydroxylation sites is 1. The Bertz CT molecular complexity index is 619. The Morgan fingerprint density at radius 3 is 2.22 bits per heavy atom. The second-order valence-electron chi connectivity index (χ2n) is 3.70. The van der Waals surface area contributed by atoms with E-state index in [0.717, 1.165) is 6.07 Å². The molecular weight excluding hydrogens is 236 g/mol. The summed E-state index contributed by atoms with van der Waals surface area (Å²) in [7, 11) is 0. The number of carbonyl (C=O) groups is 1. The molecule has 0 radical (unpaired) electrons. The van der Waals surface area contributed by atoms with Crippen LogP contribution in [-0.2, 0) is 0 Å². The summed E-state index contributed by atoms with van der Waals surface area (Å²) in [6.07, 6.45) is 0. The lowest BCUT2D eigenvalue weighted by Gasteiger charge is -2.07. The van der Waals surface area contributed by atoms with Gasteiger partial charge in [0.25, 0.3) is 0 Å². The van der Waals surface area contributed by atoms with E-state index >= 15 is 0 Å². The molecule has 0 aliphatic carbocycles. The second-order valence-corrected chi connectivity index (χ2v) is 3.70. The normalized spacial score (nSPS) is 10.2. The SMILES string of the molecule is O=C(c1ccc(O)cc1O)c1cccc(O)c1O. The van der Waals surface area contributed by atoms with Gasteiger partial charge in [0.2, 0.25) is 5.78 Å². The molecule has 0 saturated heterocycles. The lowest BCUT2D eigenvalue weighted by atomic mass is 10.0. The fraction of sp³-hybridized carbons (Fsp3) is 0. The van der Waals surface area contributed by atoms with Gasteiger partial charge in [-0.2, -0.15) is 0 Å². The van der Waals surface area contributed by atoms with Crippen LogP contribution < -0.4 is 0 Å². The lowest BCUT2D eigenvalue weighted by molar-refractivity contribution is 0.103. The minimum atomic E-state index is -0.652. The van der Waals surface area contributed by atoms with E-state index < -0.39 is 23.0 Å². The molecule has 5 nitrogen and oxygen atoms in total. The van der Waals surface area contributed by atoms with Crippen LogP contribution >= 0.6 is 0 Å². The molecule has 0 unspecified atom stereocenters. The summed E-state index contributed by atoms with van der Waals surface area (Å²) in [5.41, 5.74) is -0.204. The van der Waals surface area contributed by atoms with E-state index in [9.17, 15) is 20.1 Å². The molecule has 0 amide bonds. The fourth-order valence-corrected chi connectivity index (χ4v) is 1.57. The Hall–Kier alpha value is -2.69. The Balaban J connectivity index is 2.51. The maximum Gasteiger partial charge on any atom is 0.200 e. The Kier molecular flexibility index (Phi) is 2.81. The van der Waals surface area contributed by atoms with Crippen LogP contribution in [0.2, 0.25) is 0 Å². The van der Waals surface area contributed by atoms with Crippen LogP contribution in [0.3, 0.4) is 0 Å². The minimum Gasteiger partial charge on any atom is -0.508 e. The van der Waals surface area contributed by atoms with Gasteiger partial charge in [0.15, 0.2) is 11.5 Å². The lowest BCUT2D eigenvalue weighted by Crippen LogP contribution is -2.02. The van der Waals surface area contributed by atoms with Crippen LogP contribution in [0.25, 0.3) is 0 Å². The van der Waals surface area contributed by atoms with E-state index in [1.165, 1.54) is 30.3 Å². The largest absolute Gasteiger partial charge is 0.508 e. The predicted octanol–water partition coefficient (Wildman–Crippen LogP) is 1.74. The molecule has 0 bridgehead atoms. The molecule has 0 aliphatic rings. The van der Waals surface area contributed by atoms with Gasteiger partial charge in [0, 0.05) is 6.07 Å². The van der Waals surface area contributed by atoms with Crippen molar-refractivity contribution in [3.63, 3.8) is 0 Å². The Labute approximate surface area is 102 Å². The first-order valence-electron chi connectivity index (χ1n) is 5.08. The first-order chi connectivity index (χ1) is 8.50. The third kappa shape index (κ3) is 1.93. The maximum atomic E-state index is 12.0. The van der Waals surface area contributed by atoms with Gasteiger partial charge in [-0.15, -0.1) is 0 Å². The fourth-order valence-electron chi connectivity index (χ4n) is 1.57. The molecule has 0 aromatic heterocycles. The smallest absolute Gasteiger partial charge is 0.200 e. The van der Waals surface area contributed by atoms with Crippen LogP contribution in [0.4, 0.5) is 0 Å². The minimum absolute atomic E-state index is 0.0753. The molecule has 5 heteroatoms. The zero-order chi connectivity index (χ0) is 13.3. The van der Waals surface area contributed by atoms with Crippen molar-refractivity contribution in [2.75, 3.05) is 0 Å².